The van der Waals surface area contributed by atoms with Crippen molar-refractivity contribution < 1.29 is 14.3 Å². The summed E-state index contributed by atoms with van der Waals surface area (Å²) in [5.41, 5.74) is 9.13. The minimum absolute atomic E-state index is 0.148. The highest BCUT2D eigenvalue weighted by Crippen LogP contribution is 2.33. The van der Waals surface area contributed by atoms with Gasteiger partial charge in [0.2, 0.25) is 5.91 Å². The number of benzene rings is 2. The number of carbonyl (C=O) groups is 1. The summed E-state index contributed by atoms with van der Waals surface area (Å²) in [5, 5.41) is 7.53. The Kier molecular flexibility index (Phi) is 8.73. The van der Waals surface area contributed by atoms with Crippen LogP contribution in [0.1, 0.15) is 17.5 Å². The van der Waals surface area contributed by atoms with Gasteiger partial charge in [-0.1, -0.05) is 23.2 Å². The quantitative estimate of drug-likeness (QED) is 0.355. The van der Waals surface area contributed by atoms with Crippen LogP contribution in [-0.2, 0) is 17.6 Å². The minimum atomic E-state index is 0.148. The smallest absolute Gasteiger partial charge is 0.227 e. The van der Waals surface area contributed by atoms with Crippen molar-refractivity contribution in [1.82, 2.24) is 10.2 Å². The number of halogens is 2. The molecule has 0 saturated carbocycles. The van der Waals surface area contributed by atoms with E-state index in [-0.39, 0.29) is 5.91 Å². The maximum atomic E-state index is 12.7. The molecule has 4 N–H and O–H groups in total. The van der Waals surface area contributed by atoms with Gasteiger partial charge in [0.15, 0.2) is 11.5 Å². The fourth-order valence-electron chi connectivity index (χ4n) is 3.75. The molecule has 0 bridgehead atoms. The molecule has 0 aliphatic carbocycles. The van der Waals surface area contributed by atoms with E-state index >= 15 is 0 Å². The summed E-state index contributed by atoms with van der Waals surface area (Å²) in [7, 11) is 3.23. The number of fused-ring (bicyclic) bond motifs is 1. The summed E-state index contributed by atoms with van der Waals surface area (Å²) in [5.74, 6) is 1.51. The standard InChI is InChI=1S/C23H30Cl2N4O3/c1-31-20-10-15-4-9-29(22(30)12-16(15)11-21(20)32-2)8-3-5-27-6-7-28-17-13-18(24)23(26)19(25)14-17/h10-11,13-14,27-28H,3-9,12,26H2,1-2H3. The Bertz CT molecular complexity index is 932. The van der Waals surface area contributed by atoms with Gasteiger partial charge in [-0.25, -0.2) is 0 Å². The minimum Gasteiger partial charge on any atom is -0.493 e. The Morgan fingerprint density at radius 2 is 1.66 bits per heavy atom. The van der Waals surface area contributed by atoms with Crippen LogP contribution in [0.15, 0.2) is 24.3 Å². The molecule has 1 aliphatic rings. The van der Waals surface area contributed by atoms with Gasteiger partial charge in [0, 0.05) is 31.9 Å². The topological polar surface area (TPSA) is 88.9 Å². The highest BCUT2D eigenvalue weighted by atomic mass is 35.5. The van der Waals surface area contributed by atoms with Gasteiger partial charge in [0.25, 0.3) is 0 Å². The maximum Gasteiger partial charge on any atom is 0.227 e. The van der Waals surface area contributed by atoms with Crippen LogP contribution < -0.4 is 25.8 Å². The molecule has 174 valence electrons. The van der Waals surface area contributed by atoms with Crippen LogP contribution >= 0.6 is 23.2 Å². The molecule has 1 heterocycles. The zero-order chi connectivity index (χ0) is 23.1. The van der Waals surface area contributed by atoms with Crippen molar-refractivity contribution in [2.45, 2.75) is 19.3 Å². The van der Waals surface area contributed by atoms with Gasteiger partial charge >= 0.3 is 0 Å². The van der Waals surface area contributed by atoms with E-state index in [1.165, 1.54) is 0 Å². The molecule has 0 unspecified atom stereocenters. The summed E-state index contributed by atoms with van der Waals surface area (Å²) in [6.07, 6.45) is 2.08. The Morgan fingerprint density at radius 1 is 1.00 bits per heavy atom. The van der Waals surface area contributed by atoms with Crippen LogP contribution in [0.4, 0.5) is 11.4 Å². The molecule has 1 amide bonds. The Balaban J connectivity index is 1.39. The summed E-state index contributed by atoms with van der Waals surface area (Å²) in [6.45, 7) is 3.76. The van der Waals surface area contributed by atoms with Crippen LogP contribution in [0.25, 0.3) is 0 Å². The molecule has 2 aromatic rings. The van der Waals surface area contributed by atoms with E-state index in [0.717, 1.165) is 55.8 Å². The number of nitrogens with zero attached hydrogens (tertiary/aromatic N) is 1. The molecule has 0 atom stereocenters. The molecule has 0 aromatic heterocycles. The molecular weight excluding hydrogens is 451 g/mol. The molecule has 0 radical (unpaired) electrons. The average Bonchev–Trinajstić information content (AvgIpc) is 2.93. The van der Waals surface area contributed by atoms with Crippen molar-refractivity contribution in [3.05, 3.63) is 45.4 Å². The zero-order valence-corrected chi connectivity index (χ0v) is 20.0. The Labute approximate surface area is 199 Å². The molecule has 0 fully saturated rings. The van der Waals surface area contributed by atoms with Crippen LogP contribution in [0.3, 0.4) is 0 Å². The fourth-order valence-corrected chi connectivity index (χ4v) is 4.24. The Morgan fingerprint density at radius 3 is 2.31 bits per heavy atom. The average molecular weight is 481 g/mol. The van der Waals surface area contributed by atoms with E-state index < -0.39 is 0 Å². The second-order valence-corrected chi connectivity index (χ2v) is 8.48. The lowest BCUT2D eigenvalue weighted by Gasteiger charge is -2.20. The van der Waals surface area contributed by atoms with E-state index in [1.54, 1.807) is 26.4 Å². The highest BCUT2D eigenvalue weighted by molar-refractivity contribution is 6.39. The van der Waals surface area contributed by atoms with Gasteiger partial charge in [-0.2, -0.15) is 0 Å². The molecular formula is C23H30Cl2N4O3. The fraction of sp³-hybridized carbons (Fsp3) is 0.435. The first-order valence-corrected chi connectivity index (χ1v) is 11.4. The first kappa shape index (κ1) is 24.3. The van der Waals surface area contributed by atoms with Crippen LogP contribution in [-0.4, -0.2) is 57.8 Å². The molecule has 9 heteroatoms. The predicted molar refractivity (Wildman–Crippen MR) is 130 cm³/mol. The largest absolute Gasteiger partial charge is 0.493 e. The highest BCUT2D eigenvalue weighted by Gasteiger charge is 2.22. The van der Waals surface area contributed by atoms with E-state index in [0.29, 0.717) is 40.2 Å². The number of nitrogens with two attached hydrogens (primary N) is 1. The van der Waals surface area contributed by atoms with Crippen LogP contribution in [0, 0.1) is 0 Å². The molecule has 3 rings (SSSR count). The van der Waals surface area contributed by atoms with Gasteiger partial charge in [0.05, 0.1) is 36.4 Å². The molecule has 1 aliphatic heterocycles. The molecule has 0 saturated heterocycles. The van der Waals surface area contributed by atoms with Gasteiger partial charge in [0.1, 0.15) is 0 Å². The third-order valence-electron chi connectivity index (χ3n) is 5.54. The lowest BCUT2D eigenvalue weighted by Crippen LogP contribution is -2.35. The molecule has 32 heavy (non-hydrogen) atoms. The van der Waals surface area contributed by atoms with Crippen LogP contribution in [0.5, 0.6) is 11.5 Å². The van der Waals surface area contributed by atoms with Gasteiger partial charge in [-0.05, 0) is 54.8 Å². The first-order chi connectivity index (χ1) is 15.4. The van der Waals surface area contributed by atoms with E-state index in [4.69, 9.17) is 38.4 Å². The van der Waals surface area contributed by atoms with Gasteiger partial charge < -0.3 is 30.7 Å². The van der Waals surface area contributed by atoms with Crippen molar-refractivity contribution in [1.29, 1.82) is 0 Å². The van der Waals surface area contributed by atoms with Crippen LogP contribution in [0.2, 0.25) is 10.0 Å². The SMILES string of the molecule is COc1cc2c(cc1OC)CC(=O)N(CCCNCCNc1cc(Cl)c(N)c(Cl)c1)CC2. The first-order valence-electron chi connectivity index (χ1n) is 10.6. The van der Waals surface area contributed by atoms with Crippen molar-refractivity contribution in [3.8, 4) is 11.5 Å². The number of carbonyl (C=O) groups excluding carboxylic acids is 1. The number of rotatable bonds is 10. The van der Waals surface area contributed by atoms with Gasteiger partial charge in [-0.15, -0.1) is 0 Å². The van der Waals surface area contributed by atoms with Crippen molar-refractivity contribution in [2.75, 3.05) is 58.0 Å². The van der Waals surface area contributed by atoms with E-state index in [1.807, 2.05) is 17.0 Å². The second-order valence-electron chi connectivity index (χ2n) is 7.67. The maximum absolute atomic E-state index is 12.7. The van der Waals surface area contributed by atoms with Crippen molar-refractivity contribution >= 4 is 40.5 Å². The lowest BCUT2D eigenvalue weighted by atomic mass is 10.0. The summed E-state index contributed by atoms with van der Waals surface area (Å²) in [6, 6.07) is 7.43. The number of hydrogen-bond acceptors (Lipinski definition) is 6. The van der Waals surface area contributed by atoms with Crippen molar-refractivity contribution in [2.24, 2.45) is 0 Å². The van der Waals surface area contributed by atoms with E-state index in [9.17, 15) is 4.79 Å². The summed E-state index contributed by atoms with van der Waals surface area (Å²) < 4.78 is 10.8. The number of hydrogen-bond donors (Lipinski definition) is 3. The molecule has 0 spiro atoms. The number of anilines is 2. The number of methoxy groups -OCH3 is 2. The monoisotopic (exact) mass is 480 g/mol. The second kappa shape index (κ2) is 11.5. The number of nitrogen functional groups attached to an aromatic ring is 1. The number of nitrogens with one attached hydrogen (secondary N) is 2. The Hall–Kier alpha value is -2.35. The number of amides is 1. The zero-order valence-electron chi connectivity index (χ0n) is 18.5. The molecule has 2 aromatic carbocycles. The summed E-state index contributed by atoms with van der Waals surface area (Å²) >= 11 is 12.1. The normalized spacial score (nSPS) is 13.5. The van der Waals surface area contributed by atoms with Crippen molar-refractivity contribution in [3.63, 3.8) is 0 Å². The molecule has 7 nitrogen and oxygen atoms in total. The van der Waals surface area contributed by atoms with E-state index in [2.05, 4.69) is 10.6 Å². The number of ether oxygens (including phenoxy) is 2. The lowest BCUT2D eigenvalue weighted by molar-refractivity contribution is -0.130. The third kappa shape index (κ3) is 6.12. The summed E-state index contributed by atoms with van der Waals surface area (Å²) in [4.78, 5) is 14.7. The predicted octanol–water partition coefficient (Wildman–Crippen LogP) is 3.61. The van der Waals surface area contributed by atoms with Gasteiger partial charge in [-0.3, -0.25) is 4.79 Å². The third-order valence-corrected chi connectivity index (χ3v) is 6.17.